The number of benzene rings is 1. The minimum absolute atomic E-state index is 0.118. The zero-order chi connectivity index (χ0) is 16.6. The highest BCUT2D eigenvalue weighted by atomic mass is 19.4. The van der Waals surface area contributed by atoms with Crippen molar-refractivity contribution in [2.24, 2.45) is 0 Å². The van der Waals surface area contributed by atoms with E-state index in [1.807, 2.05) is 0 Å². The van der Waals surface area contributed by atoms with Crippen molar-refractivity contribution < 1.29 is 22.7 Å². The second-order valence-electron chi connectivity index (χ2n) is 4.47. The molecule has 0 saturated heterocycles. The van der Waals surface area contributed by atoms with Gasteiger partial charge in [0.25, 0.3) is 0 Å². The predicted octanol–water partition coefficient (Wildman–Crippen LogP) is 2.59. The van der Waals surface area contributed by atoms with Crippen molar-refractivity contribution in [3.8, 4) is 22.8 Å². The fraction of sp³-hybridized carbons (Fsp3) is 0.0769. The first-order valence-electron chi connectivity index (χ1n) is 6.15. The smallest absolute Gasteiger partial charge is 0.436 e. The summed E-state index contributed by atoms with van der Waals surface area (Å²) in [5.41, 5.74) is -0.816. The van der Waals surface area contributed by atoms with Crippen LogP contribution in [0, 0.1) is 5.82 Å². The maximum atomic E-state index is 13.5. The van der Waals surface area contributed by atoms with Gasteiger partial charge in [-0.15, -0.1) is 5.10 Å². The number of hydrogen-bond donors (Lipinski definition) is 1. The van der Waals surface area contributed by atoms with Crippen LogP contribution in [-0.2, 0) is 6.18 Å². The van der Waals surface area contributed by atoms with Gasteiger partial charge in [0.05, 0.1) is 17.6 Å². The maximum Gasteiger partial charge on any atom is 0.436 e. The fourth-order valence-corrected chi connectivity index (χ4v) is 1.92. The molecule has 0 fully saturated rings. The molecule has 0 atom stereocenters. The lowest BCUT2D eigenvalue weighted by atomic mass is 10.1. The lowest BCUT2D eigenvalue weighted by Crippen LogP contribution is -2.05. The van der Waals surface area contributed by atoms with E-state index in [9.17, 15) is 22.7 Å². The molecule has 0 aliphatic rings. The average molecular weight is 325 g/mol. The second kappa shape index (κ2) is 5.30. The van der Waals surface area contributed by atoms with Crippen molar-refractivity contribution >= 4 is 0 Å². The van der Waals surface area contributed by atoms with Crippen LogP contribution < -0.4 is 0 Å². The van der Waals surface area contributed by atoms with Gasteiger partial charge in [0.2, 0.25) is 5.88 Å². The van der Waals surface area contributed by atoms with Crippen LogP contribution in [0.5, 0.6) is 5.88 Å². The van der Waals surface area contributed by atoms with Crippen LogP contribution in [0.3, 0.4) is 0 Å². The number of hydrogen-bond acceptors (Lipinski definition) is 5. The lowest BCUT2D eigenvalue weighted by Gasteiger charge is -2.09. The SMILES string of the molecule is Oc1cc(-c2cc(F)ccc2-n2cc(C(F)(F)F)nn2)ncn1. The molecule has 3 aromatic rings. The summed E-state index contributed by atoms with van der Waals surface area (Å²) in [4.78, 5) is 7.36. The molecule has 0 spiro atoms. The van der Waals surface area contributed by atoms with Gasteiger partial charge < -0.3 is 5.11 Å². The van der Waals surface area contributed by atoms with E-state index in [-0.39, 0.29) is 22.8 Å². The summed E-state index contributed by atoms with van der Waals surface area (Å²) >= 11 is 0. The highest BCUT2D eigenvalue weighted by Gasteiger charge is 2.34. The standard InChI is InChI=1S/C13H7F4N5O/c14-7-1-2-10(22-5-11(20-21-22)13(15,16)17)8(3-7)9-4-12(23)19-6-18-9/h1-6H,(H,18,19,23). The van der Waals surface area contributed by atoms with Crippen molar-refractivity contribution in [1.29, 1.82) is 0 Å². The molecule has 0 radical (unpaired) electrons. The van der Waals surface area contributed by atoms with E-state index in [4.69, 9.17) is 0 Å². The van der Waals surface area contributed by atoms with Gasteiger partial charge >= 0.3 is 6.18 Å². The number of alkyl halides is 3. The molecular weight excluding hydrogens is 318 g/mol. The number of aromatic nitrogens is 5. The van der Waals surface area contributed by atoms with Crippen LogP contribution in [0.2, 0.25) is 0 Å². The molecule has 118 valence electrons. The molecule has 0 aliphatic heterocycles. The van der Waals surface area contributed by atoms with Gasteiger partial charge in [0, 0.05) is 11.6 Å². The Hall–Kier alpha value is -3.04. The molecule has 0 saturated carbocycles. The van der Waals surface area contributed by atoms with E-state index in [1.165, 1.54) is 6.07 Å². The summed E-state index contributed by atoms with van der Waals surface area (Å²) in [5.74, 6) is -0.988. The quantitative estimate of drug-likeness (QED) is 0.733. The van der Waals surface area contributed by atoms with Gasteiger partial charge in [-0.3, -0.25) is 0 Å². The minimum atomic E-state index is -4.65. The molecule has 10 heteroatoms. The lowest BCUT2D eigenvalue weighted by molar-refractivity contribution is -0.141. The third kappa shape index (κ3) is 2.96. The predicted molar refractivity (Wildman–Crippen MR) is 69.0 cm³/mol. The summed E-state index contributed by atoms with van der Waals surface area (Å²) in [6.07, 6.45) is -2.93. The Morgan fingerprint density at radius 2 is 1.87 bits per heavy atom. The number of rotatable bonds is 2. The molecule has 1 aromatic carbocycles. The highest BCUT2D eigenvalue weighted by Crippen LogP contribution is 2.30. The normalized spacial score (nSPS) is 11.7. The first-order chi connectivity index (χ1) is 10.8. The van der Waals surface area contributed by atoms with Crippen molar-refractivity contribution in [2.45, 2.75) is 6.18 Å². The minimum Gasteiger partial charge on any atom is -0.493 e. The van der Waals surface area contributed by atoms with Crippen molar-refractivity contribution in [1.82, 2.24) is 25.0 Å². The largest absolute Gasteiger partial charge is 0.493 e. The summed E-state index contributed by atoms with van der Waals surface area (Å²) < 4.78 is 52.3. The van der Waals surface area contributed by atoms with E-state index in [2.05, 4.69) is 20.3 Å². The van der Waals surface area contributed by atoms with Gasteiger partial charge in [0.1, 0.15) is 12.1 Å². The Morgan fingerprint density at radius 1 is 1.09 bits per heavy atom. The highest BCUT2D eigenvalue weighted by molar-refractivity contribution is 5.70. The summed E-state index contributed by atoms with van der Waals surface area (Å²) in [7, 11) is 0. The Morgan fingerprint density at radius 3 is 2.52 bits per heavy atom. The molecule has 0 amide bonds. The summed E-state index contributed by atoms with van der Waals surface area (Å²) in [5, 5.41) is 15.8. The van der Waals surface area contributed by atoms with Crippen LogP contribution in [0.15, 0.2) is 36.8 Å². The fourth-order valence-electron chi connectivity index (χ4n) is 1.92. The van der Waals surface area contributed by atoms with Crippen molar-refractivity contribution in [3.63, 3.8) is 0 Å². The van der Waals surface area contributed by atoms with E-state index in [0.29, 0.717) is 6.20 Å². The topological polar surface area (TPSA) is 76.7 Å². The van der Waals surface area contributed by atoms with Crippen LogP contribution in [-0.4, -0.2) is 30.1 Å². The first kappa shape index (κ1) is 14.9. The van der Waals surface area contributed by atoms with Gasteiger partial charge in [0.15, 0.2) is 5.69 Å². The van der Waals surface area contributed by atoms with Crippen molar-refractivity contribution in [2.75, 3.05) is 0 Å². The number of halogens is 4. The zero-order valence-corrected chi connectivity index (χ0v) is 11.2. The van der Waals surface area contributed by atoms with Gasteiger partial charge in [-0.2, -0.15) is 13.2 Å². The Balaban J connectivity index is 2.15. The van der Waals surface area contributed by atoms with E-state index in [0.717, 1.165) is 29.2 Å². The molecule has 0 aliphatic carbocycles. The van der Waals surface area contributed by atoms with E-state index >= 15 is 0 Å². The monoisotopic (exact) mass is 325 g/mol. The molecule has 6 nitrogen and oxygen atoms in total. The Labute approximate surface area is 126 Å². The molecule has 0 bridgehead atoms. The van der Waals surface area contributed by atoms with Gasteiger partial charge in [-0.05, 0) is 18.2 Å². The van der Waals surface area contributed by atoms with E-state index < -0.39 is 17.7 Å². The molecule has 3 rings (SSSR count). The van der Waals surface area contributed by atoms with Crippen molar-refractivity contribution in [3.05, 3.63) is 48.3 Å². The van der Waals surface area contributed by atoms with Crippen LogP contribution in [0.25, 0.3) is 16.9 Å². The molecule has 23 heavy (non-hydrogen) atoms. The third-order valence-corrected chi connectivity index (χ3v) is 2.92. The second-order valence-corrected chi connectivity index (χ2v) is 4.47. The Kier molecular flexibility index (Phi) is 3.43. The first-order valence-corrected chi connectivity index (χ1v) is 6.15. The molecular formula is C13H7F4N5O. The Bertz CT molecular complexity index is 862. The molecule has 2 heterocycles. The molecule has 0 unspecified atom stereocenters. The number of nitrogens with zero attached hydrogens (tertiary/aromatic N) is 5. The zero-order valence-electron chi connectivity index (χ0n) is 11.2. The van der Waals surface area contributed by atoms with Gasteiger partial charge in [-0.25, -0.2) is 19.0 Å². The van der Waals surface area contributed by atoms with Gasteiger partial charge in [-0.1, -0.05) is 5.21 Å². The van der Waals surface area contributed by atoms with E-state index in [1.54, 1.807) is 0 Å². The molecule has 1 N–H and O–H groups in total. The third-order valence-electron chi connectivity index (χ3n) is 2.92. The summed E-state index contributed by atoms with van der Waals surface area (Å²) in [6.45, 7) is 0. The van der Waals surface area contributed by atoms with Crippen LogP contribution >= 0.6 is 0 Å². The van der Waals surface area contributed by atoms with Crippen LogP contribution in [0.4, 0.5) is 17.6 Å². The summed E-state index contributed by atoms with van der Waals surface area (Å²) in [6, 6.07) is 4.51. The number of aromatic hydroxyl groups is 1. The van der Waals surface area contributed by atoms with Crippen LogP contribution in [0.1, 0.15) is 5.69 Å². The average Bonchev–Trinajstić information content (AvgIpc) is 2.97. The maximum absolute atomic E-state index is 13.5. The molecule has 2 aromatic heterocycles.